The highest BCUT2D eigenvalue weighted by Crippen LogP contribution is 2.33. The van der Waals surface area contributed by atoms with Crippen molar-refractivity contribution in [2.24, 2.45) is 0 Å². The molecule has 2 aromatic rings. The molecule has 8 nitrogen and oxygen atoms in total. The summed E-state index contributed by atoms with van der Waals surface area (Å²) in [6.07, 6.45) is 5.77. The number of fused-ring (bicyclic) bond motifs is 2. The Kier molecular flexibility index (Phi) is 7.08. The standard InChI is InChI=1S/C27H34N4O4/c1-30-11-5-6-19-16-20(7-9-22(19)30)23(31-12-3-2-4-13-31)18-28-26(32)27(33)29-21-8-10-24-25(17-21)35-15-14-34-24/h7-10,16-17,23H,2-6,11-15,18H2,1H3,(H,28,32)(H,29,33)/t23-/m1/s1. The van der Waals surface area contributed by atoms with Crippen molar-refractivity contribution < 1.29 is 19.1 Å². The second-order valence-corrected chi connectivity index (χ2v) is 9.55. The van der Waals surface area contributed by atoms with Gasteiger partial charge in [-0.3, -0.25) is 14.5 Å². The number of nitrogens with zero attached hydrogens (tertiary/aromatic N) is 2. The van der Waals surface area contributed by atoms with Gasteiger partial charge in [-0.15, -0.1) is 0 Å². The number of rotatable bonds is 5. The fraction of sp³-hybridized carbons (Fsp3) is 0.481. The third kappa shape index (κ3) is 5.37. The SMILES string of the molecule is CN1CCCc2cc([C@@H](CNC(=O)C(=O)Nc3ccc4c(c3)OCCO4)N3CCCCC3)ccc21. The lowest BCUT2D eigenvalue weighted by Gasteiger charge is -2.36. The Labute approximate surface area is 206 Å². The van der Waals surface area contributed by atoms with Gasteiger partial charge in [0, 0.05) is 37.6 Å². The molecular weight excluding hydrogens is 444 g/mol. The molecule has 3 heterocycles. The molecule has 35 heavy (non-hydrogen) atoms. The van der Waals surface area contributed by atoms with Crippen LogP contribution in [0.15, 0.2) is 36.4 Å². The van der Waals surface area contributed by atoms with Gasteiger partial charge in [0.25, 0.3) is 0 Å². The molecule has 0 aliphatic carbocycles. The number of aryl methyl sites for hydroxylation is 1. The summed E-state index contributed by atoms with van der Waals surface area (Å²) < 4.78 is 11.1. The minimum absolute atomic E-state index is 0.0406. The lowest BCUT2D eigenvalue weighted by atomic mass is 9.95. The summed E-state index contributed by atoms with van der Waals surface area (Å²) in [5.74, 6) is -0.122. The Bertz CT molecular complexity index is 1080. The maximum absolute atomic E-state index is 12.7. The van der Waals surface area contributed by atoms with Crippen molar-refractivity contribution in [3.8, 4) is 11.5 Å². The van der Waals surface area contributed by atoms with E-state index in [1.54, 1.807) is 18.2 Å². The second kappa shape index (κ2) is 10.6. The van der Waals surface area contributed by atoms with E-state index >= 15 is 0 Å². The highest BCUT2D eigenvalue weighted by Gasteiger charge is 2.26. The lowest BCUT2D eigenvalue weighted by Crippen LogP contribution is -2.43. The highest BCUT2D eigenvalue weighted by molar-refractivity contribution is 6.39. The molecule has 0 saturated carbocycles. The van der Waals surface area contributed by atoms with Gasteiger partial charge in [0.2, 0.25) is 0 Å². The van der Waals surface area contributed by atoms with Crippen LogP contribution in [0.5, 0.6) is 11.5 Å². The van der Waals surface area contributed by atoms with Crippen LogP contribution in [0.25, 0.3) is 0 Å². The molecule has 1 atom stereocenters. The normalized spacial score (nSPS) is 18.4. The zero-order chi connectivity index (χ0) is 24.2. The predicted molar refractivity (Wildman–Crippen MR) is 135 cm³/mol. The highest BCUT2D eigenvalue weighted by atomic mass is 16.6. The van der Waals surface area contributed by atoms with Gasteiger partial charge < -0.3 is 25.0 Å². The van der Waals surface area contributed by atoms with Crippen LogP contribution in [0, 0.1) is 0 Å². The first-order chi connectivity index (χ1) is 17.1. The van der Waals surface area contributed by atoms with Crippen molar-refractivity contribution in [3.05, 3.63) is 47.5 Å². The van der Waals surface area contributed by atoms with E-state index in [2.05, 4.69) is 45.7 Å². The molecule has 2 amide bonds. The Morgan fingerprint density at radius 2 is 1.71 bits per heavy atom. The Balaban J connectivity index is 1.26. The smallest absolute Gasteiger partial charge is 0.313 e. The minimum atomic E-state index is -0.689. The Morgan fingerprint density at radius 3 is 2.54 bits per heavy atom. The van der Waals surface area contributed by atoms with Crippen LogP contribution in [0.1, 0.15) is 42.9 Å². The molecule has 0 bridgehead atoms. The number of amides is 2. The van der Waals surface area contributed by atoms with E-state index in [0.29, 0.717) is 36.9 Å². The maximum atomic E-state index is 12.7. The van der Waals surface area contributed by atoms with Crippen LogP contribution in [0.2, 0.25) is 0 Å². The molecule has 1 saturated heterocycles. The molecule has 186 valence electrons. The van der Waals surface area contributed by atoms with Gasteiger partial charge >= 0.3 is 11.8 Å². The van der Waals surface area contributed by atoms with Gasteiger partial charge in [0.15, 0.2) is 11.5 Å². The fourth-order valence-electron chi connectivity index (χ4n) is 5.28. The van der Waals surface area contributed by atoms with E-state index in [1.807, 2.05) is 0 Å². The van der Waals surface area contributed by atoms with Crippen LogP contribution in [-0.2, 0) is 16.0 Å². The van der Waals surface area contributed by atoms with Gasteiger partial charge in [-0.2, -0.15) is 0 Å². The Morgan fingerprint density at radius 1 is 0.914 bits per heavy atom. The molecule has 3 aliphatic rings. The molecule has 8 heteroatoms. The van der Waals surface area contributed by atoms with Crippen molar-refractivity contribution in [1.29, 1.82) is 0 Å². The summed E-state index contributed by atoms with van der Waals surface area (Å²) >= 11 is 0. The van der Waals surface area contributed by atoms with Crippen molar-refractivity contribution in [1.82, 2.24) is 10.2 Å². The van der Waals surface area contributed by atoms with Crippen LogP contribution >= 0.6 is 0 Å². The van der Waals surface area contributed by atoms with Gasteiger partial charge in [-0.1, -0.05) is 18.6 Å². The molecule has 0 unspecified atom stereocenters. The number of carbonyl (C=O) groups excluding carboxylic acids is 2. The first kappa shape index (κ1) is 23.5. The van der Waals surface area contributed by atoms with E-state index in [1.165, 1.54) is 23.2 Å². The summed E-state index contributed by atoms with van der Waals surface area (Å²) in [5, 5.41) is 5.57. The molecule has 3 aliphatic heterocycles. The van der Waals surface area contributed by atoms with Crippen molar-refractivity contribution >= 4 is 23.2 Å². The first-order valence-corrected chi connectivity index (χ1v) is 12.7. The van der Waals surface area contributed by atoms with Crippen LogP contribution in [0.4, 0.5) is 11.4 Å². The molecule has 0 radical (unpaired) electrons. The van der Waals surface area contributed by atoms with Crippen molar-refractivity contribution in [2.45, 2.75) is 38.1 Å². The maximum Gasteiger partial charge on any atom is 0.313 e. The molecule has 2 N–H and O–H groups in total. The number of hydrogen-bond acceptors (Lipinski definition) is 6. The molecule has 1 fully saturated rings. The summed E-state index contributed by atoms with van der Waals surface area (Å²) in [5.41, 5.74) is 4.36. The number of nitrogens with one attached hydrogen (secondary N) is 2. The third-order valence-electron chi connectivity index (χ3n) is 7.13. The number of anilines is 2. The average Bonchev–Trinajstić information content (AvgIpc) is 2.89. The Hall–Kier alpha value is -3.26. The quantitative estimate of drug-likeness (QED) is 0.643. The number of carbonyl (C=O) groups is 2. The van der Waals surface area contributed by atoms with Crippen LogP contribution < -0.4 is 25.0 Å². The fourth-order valence-corrected chi connectivity index (χ4v) is 5.28. The van der Waals surface area contributed by atoms with E-state index in [-0.39, 0.29) is 6.04 Å². The number of hydrogen-bond donors (Lipinski definition) is 2. The molecule has 2 aromatic carbocycles. The molecule has 0 aromatic heterocycles. The molecular formula is C27H34N4O4. The third-order valence-corrected chi connectivity index (χ3v) is 7.13. The second-order valence-electron chi connectivity index (χ2n) is 9.55. The van der Waals surface area contributed by atoms with Gasteiger partial charge in [0.1, 0.15) is 13.2 Å². The number of benzene rings is 2. The van der Waals surface area contributed by atoms with Crippen LogP contribution in [-0.4, -0.2) is 63.2 Å². The zero-order valence-corrected chi connectivity index (χ0v) is 20.3. The summed E-state index contributed by atoms with van der Waals surface area (Å²) in [6.45, 7) is 4.43. The largest absolute Gasteiger partial charge is 0.486 e. The molecule has 5 rings (SSSR count). The molecule has 0 spiro atoms. The minimum Gasteiger partial charge on any atom is -0.486 e. The monoisotopic (exact) mass is 478 g/mol. The average molecular weight is 479 g/mol. The van der Waals surface area contributed by atoms with E-state index < -0.39 is 11.8 Å². The zero-order valence-electron chi connectivity index (χ0n) is 20.3. The summed E-state index contributed by atoms with van der Waals surface area (Å²) in [4.78, 5) is 30.1. The number of ether oxygens (including phenoxy) is 2. The summed E-state index contributed by atoms with van der Waals surface area (Å²) in [7, 11) is 2.14. The van der Waals surface area contributed by atoms with Crippen LogP contribution in [0.3, 0.4) is 0 Å². The number of piperidine rings is 1. The van der Waals surface area contributed by atoms with E-state index in [0.717, 1.165) is 45.3 Å². The first-order valence-electron chi connectivity index (χ1n) is 12.7. The topological polar surface area (TPSA) is 83.1 Å². The van der Waals surface area contributed by atoms with Gasteiger partial charge in [-0.25, -0.2) is 0 Å². The summed E-state index contributed by atoms with van der Waals surface area (Å²) in [6, 6.07) is 11.9. The van der Waals surface area contributed by atoms with Gasteiger partial charge in [-0.05, 0) is 68.1 Å². The van der Waals surface area contributed by atoms with Crippen molar-refractivity contribution in [3.63, 3.8) is 0 Å². The predicted octanol–water partition coefficient (Wildman–Crippen LogP) is 3.12. The van der Waals surface area contributed by atoms with Gasteiger partial charge in [0.05, 0.1) is 6.04 Å². The lowest BCUT2D eigenvalue weighted by molar-refractivity contribution is -0.136. The van der Waals surface area contributed by atoms with Crippen molar-refractivity contribution in [2.75, 3.05) is 56.7 Å². The van der Waals surface area contributed by atoms with E-state index in [9.17, 15) is 9.59 Å². The van der Waals surface area contributed by atoms with E-state index in [4.69, 9.17) is 9.47 Å². The number of likely N-dealkylation sites (tertiary alicyclic amines) is 1.